The summed E-state index contributed by atoms with van der Waals surface area (Å²) in [6, 6.07) is 15.8. The van der Waals surface area contributed by atoms with Crippen LogP contribution in [-0.2, 0) is 4.74 Å². The highest BCUT2D eigenvalue weighted by atomic mass is 16.5. The van der Waals surface area contributed by atoms with Gasteiger partial charge in [0, 0.05) is 30.0 Å². The molecular weight excluding hydrogens is 316 g/mol. The zero-order valence-corrected chi connectivity index (χ0v) is 14.6. The second-order valence-electron chi connectivity index (χ2n) is 5.93. The predicted octanol–water partition coefficient (Wildman–Crippen LogP) is 3.48. The van der Waals surface area contributed by atoms with E-state index in [2.05, 4.69) is 10.6 Å². The Morgan fingerprint density at radius 3 is 2.20 bits per heavy atom. The molecule has 2 N–H and O–H groups in total. The third-order valence-electron chi connectivity index (χ3n) is 3.50. The Kier molecular flexibility index (Phi) is 7.16. The van der Waals surface area contributed by atoms with Crippen LogP contribution in [0.25, 0.3) is 0 Å². The molecule has 0 fully saturated rings. The minimum absolute atomic E-state index is 0.134. The molecule has 2 amide bonds. The molecule has 0 heterocycles. The highest BCUT2D eigenvalue weighted by Crippen LogP contribution is 2.11. The molecule has 0 saturated heterocycles. The summed E-state index contributed by atoms with van der Waals surface area (Å²) in [5.41, 5.74) is 1.80. The fourth-order valence-electron chi connectivity index (χ4n) is 2.19. The van der Waals surface area contributed by atoms with Gasteiger partial charge in [0.2, 0.25) is 0 Å². The second kappa shape index (κ2) is 9.59. The number of benzene rings is 2. The van der Waals surface area contributed by atoms with Gasteiger partial charge in [0.15, 0.2) is 0 Å². The number of anilines is 1. The van der Waals surface area contributed by atoms with Gasteiger partial charge in [-0.05, 0) is 56.7 Å². The Morgan fingerprint density at radius 1 is 0.920 bits per heavy atom. The number of nitrogens with one attached hydrogen (secondary N) is 2. The highest BCUT2D eigenvalue weighted by molar-refractivity contribution is 6.04. The first-order chi connectivity index (χ1) is 12.1. The van der Waals surface area contributed by atoms with Crippen LogP contribution in [0.3, 0.4) is 0 Å². The molecule has 2 aromatic carbocycles. The first-order valence-corrected chi connectivity index (χ1v) is 8.42. The molecule has 0 unspecified atom stereocenters. The van der Waals surface area contributed by atoms with Gasteiger partial charge in [-0.25, -0.2) is 0 Å². The Labute approximate surface area is 148 Å². The van der Waals surface area contributed by atoms with Crippen molar-refractivity contribution in [1.29, 1.82) is 0 Å². The van der Waals surface area contributed by atoms with Crippen LogP contribution in [0.5, 0.6) is 0 Å². The van der Waals surface area contributed by atoms with Crippen molar-refractivity contribution in [3.63, 3.8) is 0 Å². The average molecular weight is 340 g/mol. The van der Waals surface area contributed by atoms with Crippen molar-refractivity contribution < 1.29 is 14.3 Å². The van der Waals surface area contributed by atoms with Gasteiger partial charge in [-0.3, -0.25) is 9.59 Å². The van der Waals surface area contributed by atoms with Crippen LogP contribution in [0.15, 0.2) is 54.6 Å². The van der Waals surface area contributed by atoms with Gasteiger partial charge in [-0.1, -0.05) is 18.2 Å². The molecule has 0 atom stereocenters. The van der Waals surface area contributed by atoms with Gasteiger partial charge < -0.3 is 15.4 Å². The lowest BCUT2D eigenvalue weighted by Gasteiger charge is -2.09. The summed E-state index contributed by atoms with van der Waals surface area (Å²) in [5, 5.41) is 5.66. The number of ether oxygens (including phenoxy) is 1. The molecule has 5 nitrogen and oxygen atoms in total. The second-order valence-corrected chi connectivity index (χ2v) is 5.93. The lowest BCUT2D eigenvalue weighted by Crippen LogP contribution is -2.25. The van der Waals surface area contributed by atoms with E-state index in [-0.39, 0.29) is 17.9 Å². The van der Waals surface area contributed by atoms with Crippen molar-refractivity contribution in [3.05, 3.63) is 65.7 Å². The van der Waals surface area contributed by atoms with Crippen LogP contribution in [0.2, 0.25) is 0 Å². The van der Waals surface area contributed by atoms with E-state index in [4.69, 9.17) is 4.74 Å². The third-order valence-corrected chi connectivity index (χ3v) is 3.50. The standard InChI is InChI=1S/C20H24N2O3/c1-15(2)25-14-6-13-21-19(23)17-9-11-18(12-10-17)22-20(24)16-7-4-3-5-8-16/h3-5,7-12,15H,6,13-14H2,1-2H3,(H,21,23)(H,22,24). The monoisotopic (exact) mass is 340 g/mol. The zero-order valence-electron chi connectivity index (χ0n) is 14.6. The van der Waals surface area contributed by atoms with Gasteiger partial charge in [0.05, 0.1) is 6.10 Å². The van der Waals surface area contributed by atoms with E-state index < -0.39 is 0 Å². The molecule has 132 valence electrons. The summed E-state index contributed by atoms with van der Waals surface area (Å²) in [6.45, 7) is 5.16. The SMILES string of the molecule is CC(C)OCCCNC(=O)c1ccc(NC(=O)c2ccccc2)cc1. The molecule has 0 bridgehead atoms. The van der Waals surface area contributed by atoms with Crippen LogP contribution >= 0.6 is 0 Å². The summed E-state index contributed by atoms with van der Waals surface area (Å²) < 4.78 is 5.43. The van der Waals surface area contributed by atoms with Gasteiger partial charge in [-0.2, -0.15) is 0 Å². The van der Waals surface area contributed by atoms with E-state index in [1.807, 2.05) is 32.0 Å². The normalized spacial score (nSPS) is 10.5. The number of carbonyl (C=O) groups excluding carboxylic acids is 2. The van der Waals surface area contributed by atoms with E-state index in [9.17, 15) is 9.59 Å². The van der Waals surface area contributed by atoms with Crippen LogP contribution < -0.4 is 10.6 Å². The first kappa shape index (κ1) is 18.7. The smallest absolute Gasteiger partial charge is 0.255 e. The highest BCUT2D eigenvalue weighted by Gasteiger charge is 2.07. The van der Waals surface area contributed by atoms with Gasteiger partial charge in [0.25, 0.3) is 11.8 Å². The van der Waals surface area contributed by atoms with Crippen LogP contribution in [0.1, 0.15) is 41.0 Å². The average Bonchev–Trinajstić information content (AvgIpc) is 2.62. The van der Waals surface area contributed by atoms with Crippen molar-refractivity contribution in [3.8, 4) is 0 Å². The summed E-state index contributed by atoms with van der Waals surface area (Å²) in [7, 11) is 0. The van der Waals surface area contributed by atoms with E-state index in [0.717, 1.165) is 6.42 Å². The molecular formula is C20H24N2O3. The molecule has 2 rings (SSSR count). The summed E-state index contributed by atoms with van der Waals surface area (Å²) in [6.07, 6.45) is 0.976. The van der Waals surface area contributed by atoms with Crippen molar-refractivity contribution in [2.24, 2.45) is 0 Å². The quantitative estimate of drug-likeness (QED) is 0.723. The lowest BCUT2D eigenvalue weighted by atomic mass is 10.1. The van der Waals surface area contributed by atoms with E-state index in [1.54, 1.807) is 36.4 Å². The van der Waals surface area contributed by atoms with E-state index in [0.29, 0.717) is 30.0 Å². The van der Waals surface area contributed by atoms with Gasteiger partial charge in [0.1, 0.15) is 0 Å². The Bertz CT molecular complexity index is 682. The summed E-state index contributed by atoms with van der Waals surface area (Å²) in [5.74, 6) is -0.312. The van der Waals surface area contributed by atoms with Crippen molar-refractivity contribution in [2.75, 3.05) is 18.5 Å². The van der Waals surface area contributed by atoms with Crippen molar-refractivity contribution >= 4 is 17.5 Å². The molecule has 0 saturated carbocycles. The minimum atomic E-state index is -0.178. The Morgan fingerprint density at radius 2 is 1.56 bits per heavy atom. The Balaban J connectivity index is 1.81. The summed E-state index contributed by atoms with van der Waals surface area (Å²) >= 11 is 0. The number of hydrogen-bond donors (Lipinski definition) is 2. The lowest BCUT2D eigenvalue weighted by molar-refractivity contribution is 0.0757. The molecule has 0 spiro atoms. The van der Waals surface area contributed by atoms with Crippen LogP contribution in [0.4, 0.5) is 5.69 Å². The van der Waals surface area contributed by atoms with E-state index in [1.165, 1.54) is 0 Å². The maximum Gasteiger partial charge on any atom is 0.255 e. The van der Waals surface area contributed by atoms with Crippen LogP contribution in [0, 0.1) is 0 Å². The molecule has 5 heteroatoms. The molecule has 0 aliphatic carbocycles. The fraction of sp³-hybridized carbons (Fsp3) is 0.300. The molecule has 0 radical (unpaired) electrons. The number of rotatable bonds is 8. The molecule has 25 heavy (non-hydrogen) atoms. The maximum atomic E-state index is 12.1. The van der Waals surface area contributed by atoms with Crippen LogP contribution in [-0.4, -0.2) is 31.1 Å². The van der Waals surface area contributed by atoms with E-state index >= 15 is 0 Å². The van der Waals surface area contributed by atoms with Gasteiger partial charge >= 0.3 is 0 Å². The molecule has 0 aromatic heterocycles. The number of hydrogen-bond acceptors (Lipinski definition) is 3. The van der Waals surface area contributed by atoms with Crippen molar-refractivity contribution in [1.82, 2.24) is 5.32 Å². The third kappa shape index (κ3) is 6.39. The topological polar surface area (TPSA) is 67.4 Å². The molecule has 0 aliphatic rings. The maximum absolute atomic E-state index is 12.1. The number of carbonyl (C=O) groups is 2. The first-order valence-electron chi connectivity index (χ1n) is 8.42. The largest absolute Gasteiger partial charge is 0.379 e. The van der Waals surface area contributed by atoms with Gasteiger partial charge in [-0.15, -0.1) is 0 Å². The minimum Gasteiger partial charge on any atom is -0.379 e. The number of amides is 2. The zero-order chi connectivity index (χ0) is 18.1. The molecule has 0 aliphatic heterocycles. The predicted molar refractivity (Wildman–Crippen MR) is 98.9 cm³/mol. The Hall–Kier alpha value is -2.66. The van der Waals surface area contributed by atoms with Crippen molar-refractivity contribution in [2.45, 2.75) is 26.4 Å². The fourth-order valence-corrected chi connectivity index (χ4v) is 2.19. The summed E-state index contributed by atoms with van der Waals surface area (Å²) in [4.78, 5) is 24.1. The molecule has 2 aromatic rings.